The number of rotatable bonds is 6. The van der Waals surface area contributed by atoms with Crippen molar-refractivity contribution in [3.8, 4) is 5.69 Å². The Kier molecular flexibility index (Phi) is 5.83. The molecule has 0 atom stereocenters. The maximum atomic E-state index is 12.1. The van der Waals surface area contributed by atoms with Crippen molar-refractivity contribution in [2.75, 3.05) is 32.8 Å². The van der Waals surface area contributed by atoms with Gasteiger partial charge in [0.1, 0.15) is 0 Å². The van der Waals surface area contributed by atoms with Crippen LogP contribution in [0.2, 0.25) is 0 Å². The second-order valence-electron chi connectivity index (χ2n) is 6.32. The first kappa shape index (κ1) is 17.6. The Labute approximate surface area is 148 Å². The van der Waals surface area contributed by atoms with E-state index in [2.05, 4.69) is 29.5 Å². The number of benzene rings is 1. The molecule has 6 nitrogen and oxygen atoms in total. The van der Waals surface area contributed by atoms with Crippen molar-refractivity contribution in [2.45, 2.75) is 26.8 Å². The molecule has 6 heteroatoms. The molecule has 2 heterocycles. The highest BCUT2D eigenvalue weighted by atomic mass is 16.5. The summed E-state index contributed by atoms with van der Waals surface area (Å²) in [7, 11) is 0. The van der Waals surface area contributed by atoms with Gasteiger partial charge in [0.05, 0.1) is 24.6 Å². The van der Waals surface area contributed by atoms with Gasteiger partial charge in [-0.05, 0) is 26.0 Å². The summed E-state index contributed by atoms with van der Waals surface area (Å²) in [5.41, 5.74) is 4.42. The highest BCUT2D eigenvalue weighted by Crippen LogP contribution is 2.17. The quantitative estimate of drug-likeness (QED) is 0.814. The standard InChI is InChI=1S/C19H26N4O2/c1-15-18(16(2)23(21-15)17-6-4-3-5-7-17)14-20-9-8-19(24)22-10-12-25-13-11-22/h3-7,20H,8-14H2,1-2H3. The van der Waals surface area contributed by atoms with Crippen LogP contribution in [0.25, 0.3) is 5.69 Å². The van der Waals surface area contributed by atoms with E-state index in [0.717, 1.165) is 23.6 Å². The molecule has 1 N–H and O–H groups in total. The van der Waals surface area contributed by atoms with Crippen LogP contribution in [0, 0.1) is 13.8 Å². The molecule has 1 aliphatic rings. The minimum Gasteiger partial charge on any atom is -0.378 e. The van der Waals surface area contributed by atoms with Crippen molar-refractivity contribution in [1.82, 2.24) is 20.0 Å². The summed E-state index contributed by atoms with van der Waals surface area (Å²) < 4.78 is 7.26. The van der Waals surface area contributed by atoms with Crippen molar-refractivity contribution in [3.63, 3.8) is 0 Å². The number of para-hydroxylation sites is 1. The Balaban J connectivity index is 1.53. The van der Waals surface area contributed by atoms with Crippen molar-refractivity contribution < 1.29 is 9.53 Å². The van der Waals surface area contributed by atoms with Gasteiger partial charge in [-0.25, -0.2) is 4.68 Å². The summed E-state index contributed by atoms with van der Waals surface area (Å²) in [6.07, 6.45) is 0.519. The molecular weight excluding hydrogens is 316 g/mol. The molecule has 1 aliphatic heterocycles. The second kappa shape index (κ2) is 8.27. The third-order valence-corrected chi connectivity index (χ3v) is 4.62. The fourth-order valence-electron chi connectivity index (χ4n) is 3.13. The summed E-state index contributed by atoms with van der Waals surface area (Å²) in [6, 6.07) is 10.1. The number of aryl methyl sites for hydroxylation is 1. The van der Waals surface area contributed by atoms with E-state index in [0.29, 0.717) is 39.3 Å². The van der Waals surface area contributed by atoms with E-state index in [9.17, 15) is 4.79 Å². The molecule has 1 amide bonds. The van der Waals surface area contributed by atoms with E-state index >= 15 is 0 Å². The van der Waals surface area contributed by atoms with Gasteiger partial charge in [0.2, 0.25) is 5.91 Å². The predicted molar refractivity (Wildman–Crippen MR) is 96.8 cm³/mol. The Hall–Kier alpha value is -2.18. The number of carbonyl (C=O) groups is 1. The number of carbonyl (C=O) groups excluding carboxylic acids is 1. The van der Waals surface area contributed by atoms with Gasteiger partial charge in [-0.3, -0.25) is 4.79 Å². The molecule has 25 heavy (non-hydrogen) atoms. The number of hydrogen-bond donors (Lipinski definition) is 1. The number of morpholine rings is 1. The maximum Gasteiger partial charge on any atom is 0.224 e. The molecule has 1 aromatic heterocycles. The number of amides is 1. The van der Waals surface area contributed by atoms with Gasteiger partial charge >= 0.3 is 0 Å². The summed E-state index contributed by atoms with van der Waals surface area (Å²) in [6.45, 7) is 8.23. The Morgan fingerprint density at radius 3 is 2.64 bits per heavy atom. The third kappa shape index (κ3) is 4.27. The number of aromatic nitrogens is 2. The first-order valence-electron chi connectivity index (χ1n) is 8.83. The number of ether oxygens (including phenoxy) is 1. The van der Waals surface area contributed by atoms with Crippen LogP contribution in [-0.4, -0.2) is 53.4 Å². The molecule has 3 rings (SSSR count). The fraction of sp³-hybridized carbons (Fsp3) is 0.474. The molecule has 0 unspecified atom stereocenters. The Morgan fingerprint density at radius 2 is 1.92 bits per heavy atom. The number of nitrogens with zero attached hydrogens (tertiary/aromatic N) is 3. The molecule has 1 saturated heterocycles. The zero-order valence-electron chi connectivity index (χ0n) is 15.0. The molecule has 1 aromatic carbocycles. The van der Waals surface area contributed by atoms with Crippen LogP contribution in [0.15, 0.2) is 30.3 Å². The largest absolute Gasteiger partial charge is 0.378 e. The lowest BCUT2D eigenvalue weighted by Crippen LogP contribution is -2.41. The van der Waals surface area contributed by atoms with Crippen molar-refractivity contribution in [3.05, 3.63) is 47.3 Å². The maximum absolute atomic E-state index is 12.1. The summed E-state index contributed by atoms with van der Waals surface area (Å²) in [4.78, 5) is 14.0. The first-order chi connectivity index (χ1) is 12.2. The molecule has 0 aliphatic carbocycles. The highest BCUT2D eigenvalue weighted by Gasteiger charge is 2.16. The summed E-state index contributed by atoms with van der Waals surface area (Å²) in [5.74, 6) is 0.198. The van der Waals surface area contributed by atoms with Gasteiger partial charge in [-0.15, -0.1) is 0 Å². The van der Waals surface area contributed by atoms with Gasteiger partial charge in [0, 0.05) is 43.9 Å². The number of hydrogen-bond acceptors (Lipinski definition) is 4. The monoisotopic (exact) mass is 342 g/mol. The average Bonchev–Trinajstić information content (AvgIpc) is 2.94. The second-order valence-corrected chi connectivity index (χ2v) is 6.32. The van der Waals surface area contributed by atoms with E-state index in [1.807, 2.05) is 34.7 Å². The van der Waals surface area contributed by atoms with E-state index in [1.165, 1.54) is 5.56 Å². The smallest absolute Gasteiger partial charge is 0.224 e. The van der Waals surface area contributed by atoms with Crippen LogP contribution in [0.3, 0.4) is 0 Å². The van der Waals surface area contributed by atoms with Crippen molar-refractivity contribution in [1.29, 1.82) is 0 Å². The van der Waals surface area contributed by atoms with Crippen LogP contribution < -0.4 is 5.32 Å². The van der Waals surface area contributed by atoms with Crippen LogP contribution in [0.5, 0.6) is 0 Å². The molecule has 1 fully saturated rings. The molecule has 134 valence electrons. The predicted octanol–water partition coefficient (Wildman–Crippen LogP) is 1.83. The van der Waals surface area contributed by atoms with Crippen LogP contribution in [0.4, 0.5) is 0 Å². The first-order valence-corrected chi connectivity index (χ1v) is 8.83. The van der Waals surface area contributed by atoms with Gasteiger partial charge < -0.3 is 15.0 Å². The zero-order chi connectivity index (χ0) is 17.6. The van der Waals surface area contributed by atoms with Gasteiger partial charge in [0.25, 0.3) is 0 Å². The normalized spacial score (nSPS) is 14.7. The minimum atomic E-state index is 0.198. The van der Waals surface area contributed by atoms with Gasteiger partial charge in [0.15, 0.2) is 0 Å². The molecule has 2 aromatic rings. The lowest BCUT2D eigenvalue weighted by atomic mass is 10.2. The van der Waals surface area contributed by atoms with E-state index in [4.69, 9.17) is 4.74 Å². The summed E-state index contributed by atoms with van der Waals surface area (Å²) in [5, 5.41) is 8.04. The topological polar surface area (TPSA) is 59.4 Å². The molecular formula is C19H26N4O2. The molecule has 0 bridgehead atoms. The van der Waals surface area contributed by atoms with Crippen LogP contribution in [0.1, 0.15) is 23.4 Å². The lowest BCUT2D eigenvalue weighted by Gasteiger charge is -2.26. The van der Waals surface area contributed by atoms with Gasteiger partial charge in [-0.1, -0.05) is 18.2 Å². The zero-order valence-corrected chi connectivity index (χ0v) is 15.0. The van der Waals surface area contributed by atoms with E-state index in [1.54, 1.807) is 0 Å². The van der Waals surface area contributed by atoms with Crippen molar-refractivity contribution in [2.24, 2.45) is 0 Å². The van der Waals surface area contributed by atoms with Crippen molar-refractivity contribution >= 4 is 5.91 Å². The summed E-state index contributed by atoms with van der Waals surface area (Å²) >= 11 is 0. The highest BCUT2D eigenvalue weighted by molar-refractivity contribution is 5.76. The molecule has 0 spiro atoms. The minimum absolute atomic E-state index is 0.198. The average molecular weight is 342 g/mol. The number of nitrogens with one attached hydrogen (secondary N) is 1. The fourth-order valence-corrected chi connectivity index (χ4v) is 3.13. The Morgan fingerprint density at radius 1 is 1.20 bits per heavy atom. The van der Waals surface area contributed by atoms with Crippen LogP contribution in [-0.2, 0) is 16.1 Å². The SMILES string of the molecule is Cc1nn(-c2ccccc2)c(C)c1CNCCC(=O)N1CCOCC1. The Bertz CT molecular complexity index is 706. The van der Waals surface area contributed by atoms with Crippen LogP contribution >= 0.6 is 0 Å². The van der Waals surface area contributed by atoms with E-state index < -0.39 is 0 Å². The third-order valence-electron chi connectivity index (χ3n) is 4.62. The lowest BCUT2D eigenvalue weighted by molar-refractivity contribution is -0.135. The van der Waals surface area contributed by atoms with E-state index in [-0.39, 0.29) is 5.91 Å². The molecule has 0 saturated carbocycles. The molecule has 0 radical (unpaired) electrons. The van der Waals surface area contributed by atoms with Gasteiger partial charge in [-0.2, -0.15) is 5.10 Å².